The first kappa shape index (κ1) is 17.5. The molecule has 1 aliphatic rings. The van der Waals surface area contributed by atoms with Crippen molar-refractivity contribution in [1.29, 1.82) is 0 Å². The zero-order valence-corrected chi connectivity index (χ0v) is 15.2. The lowest BCUT2D eigenvalue weighted by atomic mass is 9.68. The highest BCUT2D eigenvalue weighted by atomic mass is 14.9. The minimum absolute atomic E-state index is 0.228. The molecule has 0 heterocycles. The van der Waals surface area contributed by atoms with E-state index in [1.165, 1.54) is 37.8 Å². The van der Waals surface area contributed by atoms with Gasteiger partial charge in [0, 0.05) is 5.54 Å². The van der Waals surface area contributed by atoms with Crippen molar-refractivity contribution in [2.45, 2.75) is 65.8 Å². The Labute approximate surface area is 137 Å². The molecule has 1 aromatic rings. The summed E-state index contributed by atoms with van der Waals surface area (Å²) in [6, 6.07) is 11.1. The lowest BCUT2D eigenvalue weighted by Crippen LogP contribution is -2.43. The lowest BCUT2D eigenvalue weighted by molar-refractivity contribution is 0.138. The van der Waals surface area contributed by atoms with Crippen molar-refractivity contribution in [2.24, 2.45) is 23.7 Å². The Morgan fingerprint density at radius 3 is 2.32 bits per heavy atom. The second-order valence-electron chi connectivity index (χ2n) is 8.66. The molecule has 3 atom stereocenters. The third kappa shape index (κ3) is 5.43. The van der Waals surface area contributed by atoms with E-state index < -0.39 is 0 Å². The number of nitrogens with one attached hydrogen (secondary N) is 1. The average molecular weight is 302 g/mol. The van der Waals surface area contributed by atoms with Crippen LogP contribution < -0.4 is 5.32 Å². The highest BCUT2D eigenvalue weighted by Gasteiger charge is 2.32. The van der Waals surface area contributed by atoms with Gasteiger partial charge in [0.2, 0.25) is 0 Å². The molecular formula is C21H35N. The number of rotatable bonds is 5. The number of hydrogen-bond acceptors (Lipinski definition) is 1. The summed E-state index contributed by atoms with van der Waals surface area (Å²) in [5.41, 5.74) is 1.74. The molecule has 0 saturated heterocycles. The summed E-state index contributed by atoms with van der Waals surface area (Å²) in [6.07, 6.45) is 5.46. The quantitative estimate of drug-likeness (QED) is 0.777. The first-order valence-electron chi connectivity index (χ1n) is 9.14. The zero-order chi connectivity index (χ0) is 16.2. The predicted molar refractivity (Wildman–Crippen MR) is 97.1 cm³/mol. The van der Waals surface area contributed by atoms with Gasteiger partial charge in [0.15, 0.2) is 0 Å². The molecule has 3 unspecified atom stereocenters. The molecule has 0 bridgehead atoms. The topological polar surface area (TPSA) is 12.0 Å². The Kier molecular flexibility index (Phi) is 6.09. The van der Waals surface area contributed by atoms with E-state index in [0.29, 0.717) is 0 Å². The molecule has 1 N–H and O–H groups in total. The van der Waals surface area contributed by atoms with Crippen LogP contribution in [0, 0.1) is 23.7 Å². The second kappa shape index (κ2) is 7.64. The Hall–Kier alpha value is -0.820. The van der Waals surface area contributed by atoms with Crippen molar-refractivity contribution in [1.82, 2.24) is 5.32 Å². The maximum atomic E-state index is 3.75. The van der Waals surface area contributed by atoms with Crippen molar-refractivity contribution in [3.05, 3.63) is 35.9 Å². The van der Waals surface area contributed by atoms with Gasteiger partial charge in [-0.3, -0.25) is 0 Å². The van der Waals surface area contributed by atoms with E-state index in [4.69, 9.17) is 0 Å². The van der Waals surface area contributed by atoms with Crippen molar-refractivity contribution < 1.29 is 0 Å². The third-order valence-electron chi connectivity index (χ3n) is 5.36. The van der Waals surface area contributed by atoms with E-state index in [1.54, 1.807) is 0 Å². The van der Waals surface area contributed by atoms with Crippen LogP contribution in [-0.2, 0) is 6.42 Å². The molecule has 2 rings (SSSR count). The van der Waals surface area contributed by atoms with Crippen LogP contribution in [0.15, 0.2) is 30.3 Å². The van der Waals surface area contributed by atoms with Crippen molar-refractivity contribution in [2.75, 3.05) is 6.54 Å². The second-order valence-corrected chi connectivity index (χ2v) is 8.66. The SMILES string of the molecule is CC(C)C1CCC(CNC(C)(C)C)C(Cc2ccccc2)C1. The molecule has 1 aromatic carbocycles. The van der Waals surface area contributed by atoms with E-state index in [9.17, 15) is 0 Å². The van der Waals surface area contributed by atoms with Gasteiger partial charge >= 0.3 is 0 Å². The van der Waals surface area contributed by atoms with Gasteiger partial charge < -0.3 is 5.32 Å². The summed E-state index contributed by atoms with van der Waals surface area (Å²) in [5, 5.41) is 3.75. The van der Waals surface area contributed by atoms with Crippen LogP contribution in [0.4, 0.5) is 0 Å². The standard InChI is InChI=1S/C21H35N/c1-16(2)18-11-12-19(15-22-21(3,4)5)20(14-18)13-17-9-7-6-8-10-17/h6-10,16,18-20,22H,11-15H2,1-5H3. The maximum Gasteiger partial charge on any atom is 0.00966 e. The van der Waals surface area contributed by atoms with Crippen molar-refractivity contribution >= 4 is 0 Å². The summed E-state index contributed by atoms with van der Waals surface area (Å²) >= 11 is 0. The fourth-order valence-corrected chi connectivity index (χ4v) is 3.84. The Balaban J connectivity index is 2.02. The van der Waals surface area contributed by atoms with E-state index in [2.05, 4.69) is 70.3 Å². The van der Waals surface area contributed by atoms with Crippen LogP contribution in [0.5, 0.6) is 0 Å². The number of benzene rings is 1. The van der Waals surface area contributed by atoms with E-state index in [1.807, 2.05) is 0 Å². The smallest absolute Gasteiger partial charge is 0.00966 e. The largest absolute Gasteiger partial charge is 0.312 e. The van der Waals surface area contributed by atoms with Gasteiger partial charge in [0.1, 0.15) is 0 Å². The molecule has 1 nitrogen and oxygen atoms in total. The average Bonchev–Trinajstić information content (AvgIpc) is 2.46. The van der Waals surface area contributed by atoms with Crippen molar-refractivity contribution in [3.63, 3.8) is 0 Å². The van der Waals surface area contributed by atoms with Gasteiger partial charge in [-0.15, -0.1) is 0 Å². The van der Waals surface area contributed by atoms with Crippen LogP contribution in [0.1, 0.15) is 59.4 Å². The minimum Gasteiger partial charge on any atom is -0.312 e. The summed E-state index contributed by atoms with van der Waals surface area (Å²) in [7, 11) is 0. The first-order valence-corrected chi connectivity index (χ1v) is 9.14. The Morgan fingerprint density at radius 1 is 1.05 bits per heavy atom. The van der Waals surface area contributed by atoms with Crippen molar-refractivity contribution in [3.8, 4) is 0 Å². The van der Waals surface area contributed by atoms with Crippen LogP contribution in [-0.4, -0.2) is 12.1 Å². The summed E-state index contributed by atoms with van der Waals surface area (Å²) in [4.78, 5) is 0. The fraction of sp³-hybridized carbons (Fsp3) is 0.714. The van der Waals surface area contributed by atoms with E-state index in [-0.39, 0.29) is 5.54 Å². The molecule has 0 amide bonds. The van der Waals surface area contributed by atoms with Crippen LogP contribution in [0.2, 0.25) is 0 Å². The normalized spacial score (nSPS) is 26.4. The van der Waals surface area contributed by atoms with Gasteiger partial charge in [-0.1, -0.05) is 44.2 Å². The van der Waals surface area contributed by atoms with E-state index >= 15 is 0 Å². The molecule has 0 spiro atoms. The van der Waals surface area contributed by atoms with Crippen LogP contribution in [0.3, 0.4) is 0 Å². The number of hydrogen-bond donors (Lipinski definition) is 1. The van der Waals surface area contributed by atoms with Gasteiger partial charge in [-0.2, -0.15) is 0 Å². The molecule has 1 saturated carbocycles. The van der Waals surface area contributed by atoms with Gasteiger partial charge in [0.25, 0.3) is 0 Å². The molecule has 0 radical (unpaired) electrons. The van der Waals surface area contributed by atoms with Crippen LogP contribution >= 0.6 is 0 Å². The molecule has 1 heteroatoms. The highest BCUT2D eigenvalue weighted by Crippen LogP contribution is 2.39. The Bertz CT molecular complexity index is 429. The summed E-state index contributed by atoms with van der Waals surface area (Å²) in [6.45, 7) is 12.8. The molecule has 124 valence electrons. The summed E-state index contributed by atoms with van der Waals surface area (Å²) in [5.74, 6) is 3.40. The maximum absolute atomic E-state index is 3.75. The van der Waals surface area contributed by atoms with E-state index in [0.717, 1.165) is 23.7 Å². The fourth-order valence-electron chi connectivity index (χ4n) is 3.84. The lowest BCUT2D eigenvalue weighted by Gasteiger charge is -2.39. The molecule has 1 fully saturated rings. The van der Waals surface area contributed by atoms with Gasteiger partial charge in [-0.05, 0) is 82.2 Å². The molecule has 0 aliphatic heterocycles. The predicted octanol–water partition coefficient (Wildman–Crippen LogP) is 5.31. The molecule has 0 aromatic heterocycles. The molecular weight excluding hydrogens is 266 g/mol. The third-order valence-corrected chi connectivity index (χ3v) is 5.36. The first-order chi connectivity index (χ1) is 10.3. The Morgan fingerprint density at radius 2 is 1.73 bits per heavy atom. The monoisotopic (exact) mass is 301 g/mol. The van der Waals surface area contributed by atoms with Gasteiger partial charge in [0.05, 0.1) is 0 Å². The highest BCUT2D eigenvalue weighted by molar-refractivity contribution is 5.15. The molecule has 22 heavy (non-hydrogen) atoms. The summed E-state index contributed by atoms with van der Waals surface area (Å²) < 4.78 is 0. The zero-order valence-electron chi connectivity index (χ0n) is 15.2. The molecule has 1 aliphatic carbocycles. The van der Waals surface area contributed by atoms with Gasteiger partial charge in [-0.25, -0.2) is 0 Å². The minimum atomic E-state index is 0.228. The van der Waals surface area contributed by atoms with Crippen LogP contribution in [0.25, 0.3) is 0 Å².